The Bertz CT molecular complexity index is 867. The number of carbonyl (C=O) groups excluding carboxylic acids is 1. The van der Waals surface area contributed by atoms with Gasteiger partial charge in [0.15, 0.2) is 10.3 Å². The Balaban J connectivity index is 1.86. The van der Waals surface area contributed by atoms with Gasteiger partial charge in [0.25, 0.3) is 0 Å². The lowest BCUT2D eigenvalue weighted by atomic mass is 10.2. The van der Waals surface area contributed by atoms with Crippen molar-refractivity contribution in [1.29, 1.82) is 0 Å². The van der Waals surface area contributed by atoms with E-state index in [1.807, 2.05) is 27.0 Å². The highest BCUT2D eigenvalue weighted by atomic mass is 35.5. The van der Waals surface area contributed by atoms with E-state index in [2.05, 4.69) is 19.9 Å². The van der Waals surface area contributed by atoms with Crippen LogP contribution in [0.5, 0.6) is 0 Å². The highest BCUT2D eigenvalue weighted by molar-refractivity contribution is 7.98. The van der Waals surface area contributed by atoms with Crippen LogP contribution in [0.15, 0.2) is 11.2 Å². The predicted molar refractivity (Wildman–Crippen MR) is 109 cm³/mol. The van der Waals surface area contributed by atoms with Crippen LogP contribution in [0.2, 0.25) is 10.3 Å². The number of fused-ring (bicyclic) bond motifs is 1. The molecule has 3 heterocycles. The summed E-state index contributed by atoms with van der Waals surface area (Å²) in [6.07, 6.45) is 1.61. The maximum absolute atomic E-state index is 12.3. The number of nitrogens with zero attached hydrogens (tertiary/aromatic N) is 5. The molecule has 0 bridgehead atoms. The summed E-state index contributed by atoms with van der Waals surface area (Å²) < 4.78 is 5.45. The molecule has 1 aliphatic rings. The number of thioether (sulfide) groups is 1. The van der Waals surface area contributed by atoms with E-state index in [1.54, 1.807) is 11.0 Å². The highest BCUT2D eigenvalue weighted by Crippen LogP contribution is 2.32. The number of hydrogen-bond donors (Lipinski definition) is 0. The molecule has 10 heteroatoms. The molecule has 0 radical (unpaired) electrons. The summed E-state index contributed by atoms with van der Waals surface area (Å²) in [5, 5.41) is 1.91. The molecule has 27 heavy (non-hydrogen) atoms. The molecule has 0 saturated carbocycles. The number of amides is 1. The third-order valence-corrected chi connectivity index (χ3v) is 4.99. The van der Waals surface area contributed by atoms with Crippen LogP contribution in [-0.4, -0.2) is 64.0 Å². The fourth-order valence-electron chi connectivity index (χ4n) is 2.79. The molecule has 2 aromatic heterocycles. The maximum Gasteiger partial charge on any atom is 0.410 e. The van der Waals surface area contributed by atoms with Crippen molar-refractivity contribution in [2.75, 3.05) is 37.3 Å². The summed E-state index contributed by atoms with van der Waals surface area (Å²) in [6, 6.07) is 1.72. The fourth-order valence-corrected chi connectivity index (χ4v) is 3.62. The Labute approximate surface area is 172 Å². The fraction of sp³-hybridized carbons (Fsp3) is 0.529. The third kappa shape index (κ3) is 4.67. The molecular formula is C17H21Cl2N5O2S. The maximum atomic E-state index is 12.3. The van der Waals surface area contributed by atoms with E-state index in [-0.39, 0.29) is 11.2 Å². The van der Waals surface area contributed by atoms with Gasteiger partial charge in [0.1, 0.15) is 22.1 Å². The summed E-state index contributed by atoms with van der Waals surface area (Å²) in [7, 11) is 0. The second-order valence-electron chi connectivity index (χ2n) is 7.12. The van der Waals surface area contributed by atoms with Crippen molar-refractivity contribution >= 4 is 57.8 Å². The topological polar surface area (TPSA) is 71.5 Å². The molecule has 1 fully saturated rings. The monoisotopic (exact) mass is 429 g/mol. The average Bonchev–Trinajstić information content (AvgIpc) is 2.59. The van der Waals surface area contributed by atoms with Crippen molar-refractivity contribution in [3.8, 4) is 0 Å². The largest absolute Gasteiger partial charge is 0.444 e. The minimum atomic E-state index is -0.509. The van der Waals surface area contributed by atoms with Gasteiger partial charge in [0.05, 0.1) is 0 Å². The lowest BCUT2D eigenvalue weighted by Crippen LogP contribution is -2.50. The second kappa shape index (κ2) is 7.85. The van der Waals surface area contributed by atoms with Crippen LogP contribution < -0.4 is 4.90 Å². The minimum Gasteiger partial charge on any atom is -0.444 e. The van der Waals surface area contributed by atoms with E-state index in [0.717, 1.165) is 11.2 Å². The van der Waals surface area contributed by atoms with Gasteiger partial charge in [-0.3, -0.25) is 0 Å². The zero-order chi connectivity index (χ0) is 19.8. The first kappa shape index (κ1) is 20.2. The summed E-state index contributed by atoms with van der Waals surface area (Å²) in [4.78, 5) is 29.3. The standard InChI is InChI=1S/C17H21Cl2N5O2S/c1-17(2,3)26-16(25)24-7-5-23(6-8-24)14-10-9-11(18)20-13(19)12(10)21-15(22-14)27-4/h9H,5-8H2,1-4H3. The van der Waals surface area contributed by atoms with Gasteiger partial charge in [0.2, 0.25) is 0 Å². The van der Waals surface area contributed by atoms with Gasteiger partial charge >= 0.3 is 6.09 Å². The average molecular weight is 430 g/mol. The minimum absolute atomic E-state index is 0.254. The molecule has 2 aromatic rings. The summed E-state index contributed by atoms with van der Waals surface area (Å²) in [5.74, 6) is 0.749. The zero-order valence-electron chi connectivity index (χ0n) is 15.6. The van der Waals surface area contributed by atoms with Crippen LogP contribution in [-0.2, 0) is 4.74 Å². The van der Waals surface area contributed by atoms with Gasteiger partial charge in [-0.25, -0.2) is 19.7 Å². The number of halogens is 2. The van der Waals surface area contributed by atoms with Crippen LogP contribution in [0.25, 0.3) is 10.9 Å². The molecule has 1 aliphatic heterocycles. The number of aromatic nitrogens is 3. The molecule has 7 nitrogen and oxygen atoms in total. The second-order valence-corrected chi connectivity index (χ2v) is 8.64. The number of rotatable bonds is 2. The van der Waals surface area contributed by atoms with Gasteiger partial charge in [-0.05, 0) is 33.1 Å². The zero-order valence-corrected chi connectivity index (χ0v) is 18.0. The number of carbonyl (C=O) groups is 1. The van der Waals surface area contributed by atoms with Crippen LogP contribution in [0.1, 0.15) is 20.8 Å². The molecule has 0 atom stereocenters. The van der Waals surface area contributed by atoms with Crippen molar-refractivity contribution < 1.29 is 9.53 Å². The first-order chi connectivity index (χ1) is 12.7. The number of hydrogen-bond acceptors (Lipinski definition) is 7. The molecule has 3 rings (SSSR count). The first-order valence-electron chi connectivity index (χ1n) is 8.48. The number of anilines is 1. The summed E-state index contributed by atoms with van der Waals surface area (Å²) in [6.45, 7) is 7.91. The lowest BCUT2D eigenvalue weighted by molar-refractivity contribution is 0.0240. The van der Waals surface area contributed by atoms with E-state index < -0.39 is 5.60 Å². The Morgan fingerprint density at radius 3 is 2.41 bits per heavy atom. The van der Waals surface area contributed by atoms with Gasteiger partial charge in [-0.2, -0.15) is 0 Å². The van der Waals surface area contributed by atoms with Gasteiger partial charge < -0.3 is 14.5 Å². The van der Waals surface area contributed by atoms with E-state index in [0.29, 0.717) is 42.0 Å². The third-order valence-electron chi connectivity index (χ3n) is 3.98. The lowest BCUT2D eigenvalue weighted by Gasteiger charge is -2.36. The van der Waals surface area contributed by atoms with E-state index >= 15 is 0 Å². The molecular weight excluding hydrogens is 409 g/mol. The van der Waals surface area contributed by atoms with Crippen molar-refractivity contribution in [3.05, 3.63) is 16.4 Å². The predicted octanol–water partition coefficient (Wildman–Crippen LogP) is 4.11. The van der Waals surface area contributed by atoms with E-state index in [9.17, 15) is 4.79 Å². The smallest absolute Gasteiger partial charge is 0.410 e. The van der Waals surface area contributed by atoms with Crippen LogP contribution >= 0.6 is 35.0 Å². The molecule has 0 N–H and O–H groups in total. The molecule has 0 unspecified atom stereocenters. The Kier molecular flexibility index (Phi) is 5.88. The normalized spacial score (nSPS) is 15.3. The van der Waals surface area contributed by atoms with E-state index in [1.165, 1.54) is 11.8 Å². The SMILES string of the molecule is CSc1nc(N2CCN(C(=O)OC(C)(C)C)CC2)c2cc(Cl)nc(Cl)c2n1. The molecule has 0 aromatic carbocycles. The Morgan fingerprint density at radius 1 is 1.15 bits per heavy atom. The van der Waals surface area contributed by atoms with Crippen molar-refractivity contribution in [3.63, 3.8) is 0 Å². The number of ether oxygens (including phenoxy) is 1. The van der Waals surface area contributed by atoms with Crippen LogP contribution in [0.4, 0.5) is 10.6 Å². The van der Waals surface area contributed by atoms with Crippen molar-refractivity contribution in [1.82, 2.24) is 19.9 Å². The Hall–Kier alpha value is -1.51. The molecule has 0 spiro atoms. The first-order valence-corrected chi connectivity index (χ1v) is 10.5. The van der Waals surface area contributed by atoms with Crippen LogP contribution in [0.3, 0.4) is 0 Å². The quantitative estimate of drug-likeness (QED) is 0.403. The molecule has 146 valence electrons. The number of piperazine rings is 1. The van der Waals surface area contributed by atoms with Crippen molar-refractivity contribution in [2.45, 2.75) is 31.5 Å². The van der Waals surface area contributed by atoms with Crippen LogP contribution in [0, 0.1) is 0 Å². The summed E-state index contributed by atoms with van der Waals surface area (Å²) in [5.41, 5.74) is 0.0650. The highest BCUT2D eigenvalue weighted by Gasteiger charge is 2.27. The Morgan fingerprint density at radius 2 is 1.81 bits per heavy atom. The van der Waals surface area contributed by atoms with Gasteiger partial charge in [0, 0.05) is 31.6 Å². The molecule has 1 amide bonds. The summed E-state index contributed by atoms with van der Waals surface area (Å²) >= 11 is 13.8. The van der Waals surface area contributed by atoms with Crippen molar-refractivity contribution in [2.24, 2.45) is 0 Å². The van der Waals surface area contributed by atoms with Gasteiger partial charge in [-0.1, -0.05) is 35.0 Å². The van der Waals surface area contributed by atoms with E-state index in [4.69, 9.17) is 27.9 Å². The molecule has 1 saturated heterocycles. The number of pyridine rings is 1. The van der Waals surface area contributed by atoms with Gasteiger partial charge in [-0.15, -0.1) is 0 Å². The molecule has 0 aliphatic carbocycles.